The molecular formula is C13H15N3O. The fourth-order valence-electron chi connectivity index (χ4n) is 2.21. The Balaban J connectivity index is 1.84. The molecule has 1 aliphatic heterocycles. The molecule has 0 N–H and O–H groups in total. The minimum atomic E-state index is 0.307. The van der Waals surface area contributed by atoms with Gasteiger partial charge in [-0.3, -0.25) is 4.57 Å². The van der Waals surface area contributed by atoms with E-state index in [0.717, 1.165) is 37.4 Å². The second kappa shape index (κ2) is 4.67. The van der Waals surface area contributed by atoms with E-state index >= 15 is 0 Å². The van der Waals surface area contributed by atoms with Gasteiger partial charge in [-0.1, -0.05) is 18.2 Å². The van der Waals surface area contributed by atoms with E-state index < -0.39 is 0 Å². The molecule has 1 aromatic heterocycles. The molecule has 0 bridgehead atoms. The lowest BCUT2D eigenvalue weighted by molar-refractivity contribution is 0.109. The van der Waals surface area contributed by atoms with E-state index in [2.05, 4.69) is 22.3 Å². The molecule has 1 aliphatic rings. The quantitative estimate of drug-likeness (QED) is 0.808. The van der Waals surface area contributed by atoms with Gasteiger partial charge in [0.05, 0.1) is 6.10 Å². The molecule has 4 heteroatoms. The molecule has 0 amide bonds. The molecule has 17 heavy (non-hydrogen) atoms. The molecule has 2 aromatic rings. The first-order valence-corrected chi connectivity index (χ1v) is 5.99. The van der Waals surface area contributed by atoms with Gasteiger partial charge in [-0.25, -0.2) is 0 Å². The molecule has 1 aromatic carbocycles. The van der Waals surface area contributed by atoms with Gasteiger partial charge in [-0.15, -0.1) is 10.2 Å². The Bertz CT molecular complexity index is 474. The normalized spacial score (nSPS) is 19.6. The summed E-state index contributed by atoms with van der Waals surface area (Å²) in [5.74, 6) is 0.975. The Morgan fingerprint density at radius 2 is 2.18 bits per heavy atom. The van der Waals surface area contributed by atoms with Gasteiger partial charge < -0.3 is 4.74 Å². The Morgan fingerprint density at radius 3 is 2.94 bits per heavy atom. The summed E-state index contributed by atoms with van der Waals surface area (Å²) in [6.07, 6.45) is 5.20. The highest BCUT2D eigenvalue weighted by Crippen LogP contribution is 2.17. The number of para-hydroxylation sites is 1. The first-order chi connectivity index (χ1) is 8.43. The van der Waals surface area contributed by atoms with Gasteiger partial charge in [0.1, 0.15) is 12.2 Å². The molecule has 0 radical (unpaired) electrons. The number of hydrogen-bond acceptors (Lipinski definition) is 3. The summed E-state index contributed by atoms with van der Waals surface area (Å²) < 4.78 is 7.67. The molecule has 2 heterocycles. The SMILES string of the molecule is c1ccc(-n2cnnc2CC2CCCO2)cc1. The Morgan fingerprint density at radius 1 is 1.29 bits per heavy atom. The molecule has 1 atom stereocenters. The number of rotatable bonds is 3. The first-order valence-electron chi connectivity index (χ1n) is 5.99. The molecule has 0 saturated carbocycles. The Kier molecular flexibility index (Phi) is 2.88. The van der Waals surface area contributed by atoms with Crippen LogP contribution < -0.4 is 0 Å². The summed E-state index contributed by atoms with van der Waals surface area (Å²) in [6, 6.07) is 10.2. The van der Waals surface area contributed by atoms with Gasteiger partial charge in [0, 0.05) is 18.7 Å². The summed E-state index contributed by atoms with van der Waals surface area (Å²) in [7, 11) is 0. The Labute approximate surface area is 100 Å². The van der Waals surface area contributed by atoms with Crippen LogP contribution >= 0.6 is 0 Å². The molecule has 1 fully saturated rings. The van der Waals surface area contributed by atoms with Gasteiger partial charge in [0.25, 0.3) is 0 Å². The van der Waals surface area contributed by atoms with Crippen molar-refractivity contribution in [3.63, 3.8) is 0 Å². The fraction of sp³-hybridized carbons (Fsp3) is 0.385. The van der Waals surface area contributed by atoms with Crippen molar-refractivity contribution in [2.24, 2.45) is 0 Å². The van der Waals surface area contributed by atoms with E-state index in [-0.39, 0.29) is 0 Å². The van der Waals surface area contributed by atoms with Crippen molar-refractivity contribution in [3.05, 3.63) is 42.5 Å². The zero-order valence-corrected chi connectivity index (χ0v) is 9.62. The van der Waals surface area contributed by atoms with Gasteiger partial charge in [0.15, 0.2) is 0 Å². The van der Waals surface area contributed by atoms with Crippen LogP contribution in [-0.4, -0.2) is 27.5 Å². The number of ether oxygens (including phenoxy) is 1. The molecule has 4 nitrogen and oxygen atoms in total. The summed E-state index contributed by atoms with van der Waals surface area (Å²) in [4.78, 5) is 0. The average Bonchev–Trinajstić information content (AvgIpc) is 3.02. The van der Waals surface area contributed by atoms with Gasteiger partial charge >= 0.3 is 0 Å². The van der Waals surface area contributed by atoms with E-state index in [4.69, 9.17) is 4.74 Å². The minimum absolute atomic E-state index is 0.307. The zero-order chi connectivity index (χ0) is 11.5. The smallest absolute Gasteiger partial charge is 0.139 e. The third-order valence-electron chi connectivity index (χ3n) is 3.09. The van der Waals surface area contributed by atoms with Crippen LogP contribution in [0.5, 0.6) is 0 Å². The topological polar surface area (TPSA) is 39.9 Å². The van der Waals surface area contributed by atoms with E-state index in [1.54, 1.807) is 6.33 Å². The second-order valence-corrected chi connectivity index (χ2v) is 4.29. The number of aromatic nitrogens is 3. The summed E-state index contributed by atoms with van der Waals surface area (Å²) >= 11 is 0. The highest BCUT2D eigenvalue weighted by Gasteiger charge is 2.19. The molecule has 0 spiro atoms. The minimum Gasteiger partial charge on any atom is -0.378 e. The van der Waals surface area contributed by atoms with Crippen LogP contribution in [0, 0.1) is 0 Å². The third-order valence-corrected chi connectivity index (χ3v) is 3.09. The lowest BCUT2D eigenvalue weighted by atomic mass is 10.2. The van der Waals surface area contributed by atoms with Crippen LogP contribution in [0.3, 0.4) is 0 Å². The maximum absolute atomic E-state index is 5.64. The predicted molar refractivity (Wildman–Crippen MR) is 64.0 cm³/mol. The molecule has 0 aliphatic carbocycles. The van der Waals surface area contributed by atoms with Crippen molar-refractivity contribution >= 4 is 0 Å². The summed E-state index contributed by atoms with van der Waals surface area (Å²) in [5, 5.41) is 8.19. The molecule has 3 rings (SSSR count). The lowest BCUT2D eigenvalue weighted by Gasteiger charge is -2.10. The van der Waals surface area contributed by atoms with Gasteiger partial charge in [-0.05, 0) is 25.0 Å². The molecule has 1 saturated heterocycles. The van der Waals surface area contributed by atoms with Crippen molar-refractivity contribution in [2.45, 2.75) is 25.4 Å². The summed E-state index contributed by atoms with van der Waals surface area (Å²) in [5.41, 5.74) is 1.10. The maximum atomic E-state index is 5.64. The summed E-state index contributed by atoms with van der Waals surface area (Å²) in [6.45, 7) is 0.879. The maximum Gasteiger partial charge on any atom is 0.139 e. The van der Waals surface area contributed by atoms with Crippen LogP contribution in [0.25, 0.3) is 5.69 Å². The molecule has 88 valence electrons. The van der Waals surface area contributed by atoms with Gasteiger partial charge in [-0.2, -0.15) is 0 Å². The lowest BCUT2D eigenvalue weighted by Crippen LogP contribution is -2.13. The van der Waals surface area contributed by atoms with E-state index in [1.807, 2.05) is 22.8 Å². The highest BCUT2D eigenvalue weighted by molar-refractivity contribution is 5.32. The molecule has 1 unspecified atom stereocenters. The monoisotopic (exact) mass is 229 g/mol. The zero-order valence-electron chi connectivity index (χ0n) is 9.62. The van der Waals surface area contributed by atoms with Crippen LogP contribution in [0.4, 0.5) is 0 Å². The largest absolute Gasteiger partial charge is 0.378 e. The van der Waals surface area contributed by atoms with E-state index in [0.29, 0.717) is 6.10 Å². The Hall–Kier alpha value is -1.68. The number of benzene rings is 1. The second-order valence-electron chi connectivity index (χ2n) is 4.29. The van der Waals surface area contributed by atoms with Crippen LogP contribution in [0.15, 0.2) is 36.7 Å². The van der Waals surface area contributed by atoms with E-state index in [1.165, 1.54) is 0 Å². The van der Waals surface area contributed by atoms with E-state index in [9.17, 15) is 0 Å². The standard InChI is InChI=1S/C13H15N3O/c1-2-5-11(6-3-1)16-10-14-15-13(16)9-12-7-4-8-17-12/h1-3,5-6,10,12H,4,7-9H2. The van der Waals surface area contributed by atoms with Crippen LogP contribution in [-0.2, 0) is 11.2 Å². The third kappa shape index (κ3) is 2.22. The van der Waals surface area contributed by atoms with Crippen molar-refractivity contribution in [1.29, 1.82) is 0 Å². The van der Waals surface area contributed by atoms with Crippen molar-refractivity contribution in [1.82, 2.24) is 14.8 Å². The van der Waals surface area contributed by atoms with Crippen molar-refractivity contribution < 1.29 is 4.74 Å². The fourth-order valence-corrected chi connectivity index (χ4v) is 2.21. The molecular weight excluding hydrogens is 214 g/mol. The van der Waals surface area contributed by atoms with Crippen LogP contribution in [0.1, 0.15) is 18.7 Å². The number of hydrogen-bond donors (Lipinski definition) is 0. The van der Waals surface area contributed by atoms with Crippen LogP contribution in [0.2, 0.25) is 0 Å². The average molecular weight is 229 g/mol. The van der Waals surface area contributed by atoms with Crippen molar-refractivity contribution in [3.8, 4) is 5.69 Å². The predicted octanol–water partition coefficient (Wildman–Crippen LogP) is 1.99. The highest BCUT2D eigenvalue weighted by atomic mass is 16.5. The first kappa shape index (κ1) is 10.5. The number of nitrogens with zero attached hydrogens (tertiary/aromatic N) is 3. The van der Waals surface area contributed by atoms with Crippen molar-refractivity contribution in [2.75, 3.05) is 6.61 Å². The van der Waals surface area contributed by atoms with Gasteiger partial charge in [0.2, 0.25) is 0 Å².